The summed E-state index contributed by atoms with van der Waals surface area (Å²) >= 11 is 0. The quantitative estimate of drug-likeness (QED) is 0.783. The molecule has 2 nitrogen and oxygen atoms in total. The molecule has 0 radical (unpaired) electrons. The number of rotatable bonds is 3. The fourth-order valence-electron chi connectivity index (χ4n) is 3.35. The summed E-state index contributed by atoms with van der Waals surface area (Å²) in [7, 11) is 0. The van der Waals surface area contributed by atoms with E-state index in [1.54, 1.807) is 0 Å². The first kappa shape index (κ1) is 12.5. The van der Waals surface area contributed by atoms with E-state index in [1.807, 2.05) is 18.5 Å². The topological polar surface area (TPSA) is 38.9 Å². The largest absolute Gasteiger partial charge is 0.324 e. The fourth-order valence-corrected chi connectivity index (χ4v) is 3.35. The Kier molecular flexibility index (Phi) is 2.97. The number of hydrogen-bond donors (Lipinski definition) is 1. The second-order valence-corrected chi connectivity index (χ2v) is 5.89. The van der Waals surface area contributed by atoms with E-state index in [2.05, 4.69) is 53.5 Å². The molecule has 3 atom stereocenters. The molecule has 0 amide bonds. The van der Waals surface area contributed by atoms with Crippen LogP contribution in [0.5, 0.6) is 0 Å². The second-order valence-electron chi connectivity index (χ2n) is 5.89. The Morgan fingerprint density at radius 3 is 2.71 bits per heavy atom. The van der Waals surface area contributed by atoms with E-state index < -0.39 is 0 Å². The summed E-state index contributed by atoms with van der Waals surface area (Å²) in [4.78, 5) is 4.26. The Bertz CT molecular complexity index is 761. The maximum atomic E-state index is 6.57. The molecule has 104 valence electrons. The standard InChI is InChI=1S/C19H18N2/c20-19(17-11-16(17)13-5-2-1-3-6-13)15-8-4-7-14-9-10-21-12-18(14)15/h1-10,12,16-17,19H,11,20H2. The maximum absolute atomic E-state index is 6.57. The van der Waals surface area contributed by atoms with Gasteiger partial charge in [-0.1, -0.05) is 48.5 Å². The number of benzene rings is 2. The number of fused-ring (bicyclic) bond motifs is 1. The number of nitrogens with two attached hydrogens (primary N) is 1. The van der Waals surface area contributed by atoms with Crippen LogP contribution in [-0.4, -0.2) is 4.98 Å². The highest BCUT2D eigenvalue weighted by molar-refractivity contribution is 5.85. The van der Waals surface area contributed by atoms with Crippen LogP contribution in [0.4, 0.5) is 0 Å². The average Bonchev–Trinajstić information content (AvgIpc) is 3.35. The monoisotopic (exact) mass is 274 g/mol. The SMILES string of the molecule is NC(c1cccc2ccncc12)C1CC1c1ccccc1. The van der Waals surface area contributed by atoms with Crippen molar-refractivity contribution >= 4 is 10.8 Å². The molecule has 2 N–H and O–H groups in total. The van der Waals surface area contributed by atoms with Gasteiger partial charge in [0, 0.05) is 23.8 Å². The molecule has 1 aliphatic carbocycles. The van der Waals surface area contributed by atoms with Crippen molar-refractivity contribution in [1.82, 2.24) is 4.98 Å². The fraction of sp³-hybridized carbons (Fsp3) is 0.211. The van der Waals surface area contributed by atoms with Gasteiger partial charge in [-0.05, 0) is 40.8 Å². The molecule has 0 bridgehead atoms. The minimum atomic E-state index is 0.0862. The lowest BCUT2D eigenvalue weighted by Crippen LogP contribution is -2.14. The molecule has 1 fully saturated rings. The Balaban J connectivity index is 1.65. The highest BCUT2D eigenvalue weighted by Gasteiger charge is 2.43. The van der Waals surface area contributed by atoms with Crippen molar-refractivity contribution in [2.45, 2.75) is 18.4 Å². The van der Waals surface area contributed by atoms with Gasteiger partial charge in [0.25, 0.3) is 0 Å². The molecule has 0 aliphatic heterocycles. The summed E-state index contributed by atoms with van der Waals surface area (Å²) in [6.07, 6.45) is 4.95. The molecular weight excluding hydrogens is 256 g/mol. The summed E-state index contributed by atoms with van der Waals surface area (Å²) in [5.74, 6) is 1.14. The molecule has 4 rings (SSSR count). The molecule has 21 heavy (non-hydrogen) atoms. The van der Waals surface area contributed by atoms with E-state index in [0.29, 0.717) is 11.8 Å². The van der Waals surface area contributed by atoms with Gasteiger partial charge in [-0.2, -0.15) is 0 Å². The summed E-state index contributed by atoms with van der Waals surface area (Å²) in [6.45, 7) is 0. The highest BCUT2D eigenvalue weighted by atomic mass is 14.7. The molecule has 3 unspecified atom stereocenters. The molecule has 0 spiro atoms. The summed E-state index contributed by atoms with van der Waals surface area (Å²) in [5.41, 5.74) is 9.21. The Morgan fingerprint density at radius 2 is 1.86 bits per heavy atom. The van der Waals surface area contributed by atoms with Crippen LogP contribution in [0.1, 0.15) is 29.5 Å². The lowest BCUT2D eigenvalue weighted by molar-refractivity contribution is 0.620. The van der Waals surface area contributed by atoms with Crippen molar-refractivity contribution in [2.75, 3.05) is 0 Å². The van der Waals surface area contributed by atoms with E-state index in [0.717, 1.165) is 0 Å². The highest BCUT2D eigenvalue weighted by Crippen LogP contribution is 2.53. The van der Waals surface area contributed by atoms with Crippen molar-refractivity contribution in [3.63, 3.8) is 0 Å². The van der Waals surface area contributed by atoms with Crippen molar-refractivity contribution in [3.8, 4) is 0 Å². The predicted molar refractivity (Wildman–Crippen MR) is 86.0 cm³/mol. The van der Waals surface area contributed by atoms with Crippen LogP contribution in [-0.2, 0) is 0 Å². The first-order valence-electron chi connectivity index (χ1n) is 7.48. The van der Waals surface area contributed by atoms with Crippen LogP contribution in [0.15, 0.2) is 67.0 Å². The molecule has 2 heteroatoms. The lowest BCUT2D eigenvalue weighted by atomic mass is 9.95. The number of hydrogen-bond acceptors (Lipinski definition) is 2. The van der Waals surface area contributed by atoms with E-state index in [4.69, 9.17) is 5.73 Å². The summed E-state index contributed by atoms with van der Waals surface area (Å²) < 4.78 is 0. The normalized spacial score (nSPS) is 22.1. The van der Waals surface area contributed by atoms with Gasteiger partial charge in [0.15, 0.2) is 0 Å². The van der Waals surface area contributed by atoms with Crippen LogP contribution < -0.4 is 5.73 Å². The number of aromatic nitrogens is 1. The molecule has 1 saturated carbocycles. The Hall–Kier alpha value is -2.19. The van der Waals surface area contributed by atoms with Crippen molar-refractivity contribution in [1.29, 1.82) is 0 Å². The molecule has 1 aromatic heterocycles. The van der Waals surface area contributed by atoms with Crippen molar-refractivity contribution < 1.29 is 0 Å². The number of nitrogens with zero attached hydrogens (tertiary/aromatic N) is 1. The maximum Gasteiger partial charge on any atom is 0.0349 e. The first-order valence-corrected chi connectivity index (χ1v) is 7.48. The van der Waals surface area contributed by atoms with Crippen LogP contribution in [0, 0.1) is 5.92 Å². The van der Waals surface area contributed by atoms with E-state index >= 15 is 0 Å². The Labute approximate surface area is 124 Å². The van der Waals surface area contributed by atoms with E-state index in [9.17, 15) is 0 Å². The molecular formula is C19H18N2. The van der Waals surface area contributed by atoms with Gasteiger partial charge < -0.3 is 5.73 Å². The zero-order valence-corrected chi connectivity index (χ0v) is 11.8. The van der Waals surface area contributed by atoms with E-state index in [1.165, 1.54) is 28.3 Å². The first-order chi connectivity index (χ1) is 10.3. The zero-order chi connectivity index (χ0) is 14.2. The molecule has 3 aromatic rings. The van der Waals surface area contributed by atoms with Crippen LogP contribution in [0.2, 0.25) is 0 Å². The van der Waals surface area contributed by atoms with Crippen LogP contribution in [0.25, 0.3) is 10.8 Å². The third-order valence-electron chi connectivity index (χ3n) is 4.61. The zero-order valence-electron chi connectivity index (χ0n) is 11.8. The smallest absolute Gasteiger partial charge is 0.0349 e. The predicted octanol–water partition coefficient (Wildman–Crippen LogP) is 4.04. The molecule has 0 saturated heterocycles. The van der Waals surface area contributed by atoms with Crippen molar-refractivity contribution in [2.24, 2.45) is 11.7 Å². The van der Waals surface area contributed by atoms with Crippen LogP contribution >= 0.6 is 0 Å². The van der Waals surface area contributed by atoms with Gasteiger partial charge in [0.05, 0.1) is 0 Å². The summed E-state index contributed by atoms with van der Waals surface area (Å²) in [6, 6.07) is 19.2. The minimum Gasteiger partial charge on any atom is -0.324 e. The third kappa shape index (κ3) is 2.22. The number of pyridine rings is 1. The van der Waals surface area contributed by atoms with E-state index in [-0.39, 0.29) is 6.04 Å². The third-order valence-corrected chi connectivity index (χ3v) is 4.61. The van der Waals surface area contributed by atoms with Crippen molar-refractivity contribution in [3.05, 3.63) is 78.1 Å². The van der Waals surface area contributed by atoms with Gasteiger partial charge in [0.2, 0.25) is 0 Å². The van der Waals surface area contributed by atoms with Gasteiger partial charge in [0.1, 0.15) is 0 Å². The van der Waals surface area contributed by atoms with Gasteiger partial charge >= 0.3 is 0 Å². The Morgan fingerprint density at radius 1 is 1.00 bits per heavy atom. The molecule has 1 aliphatic rings. The lowest BCUT2D eigenvalue weighted by Gasteiger charge is -2.14. The van der Waals surface area contributed by atoms with Gasteiger partial charge in [-0.3, -0.25) is 4.98 Å². The minimum absolute atomic E-state index is 0.0862. The van der Waals surface area contributed by atoms with Crippen LogP contribution in [0.3, 0.4) is 0 Å². The summed E-state index contributed by atoms with van der Waals surface area (Å²) in [5, 5.41) is 2.40. The van der Waals surface area contributed by atoms with Gasteiger partial charge in [-0.25, -0.2) is 0 Å². The second kappa shape index (κ2) is 4.97. The average molecular weight is 274 g/mol. The molecule has 1 heterocycles. The van der Waals surface area contributed by atoms with Gasteiger partial charge in [-0.15, -0.1) is 0 Å². The molecule has 2 aromatic carbocycles.